The monoisotopic (exact) mass is 332 g/mol. The van der Waals surface area contributed by atoms with E-state index in [1.54, 1.807) is 0 Å². The number of para-hydroxylation sites is 3. The fourth-order valence-corrected chi connectivity index (χ4v) is 3.10. The van der Waals surface area contributed by atoms with Crippen molar-refractivity contribution in [2.24, 2.45) is 0 Å². The molecule has 0 radical (unpaired) electrons. The molecule has 5 nitrogen and oxygen atoms in total. The van der Waals surface area contributed by atoms with E-state index in [4.69, 9.17) is 0 Å². The first kappa shape index (κ1) is 15.6. The van der Waals surface area contributed by atoms with Gasteiger partial charge in [-0.1, -0.05) is 30.3 Å². The van der Waals surface area contributed by atoms with Gasteiger partial charge in [0.1, 0.15) is 5.82 Å². The molecule has 0 fully saturated rings. The number of likely N-dealkylation sites (N-methyl/N-ethyl adjacent to an activating group) is 1. The predicted molar refractivity (Wildman–Crippen MR) is 101 cm³/mol. The van der Waals surface area contributed by atoms with Gasteiger partial charge in [0.15, 0.2) is 0 Å². The molecular formula is C20H20N4O. The van der Waals surface area contributed by atoms with Crippen LogP contribution in [0.3, 0.4) is 0 Å². The zero-order valence-corrected chi connectivity index (χ0v) is 14.1. The second-order valence-corrected chi connectivity index (χ2v) is 6.40. The fourth-order valence-electron chi connectivity index (χ4n) is 3.10. The van der Waals surface area contributed by atoms with Crippen LogP contribution in [-0.4, -0.2) is 33.4 Å². The first-order valence-electron chi connectivity index (χ1n) is 8.42. The molecule has 2 aromatic carbocycles. The maximum absolute atomic E-state index is 12.3. The summed E-state index contributed by atoms with van der Waals surface area (Å²) in [6.45, 7) is 1.44. The SMILES string of the molecule is CN(CCc1nc2ccccc2[nH]1)Cc1cc2ccccc2[nH]c1=O. The Bertz CT molecular complexity index is 1050. The molecule has 0 aliphatic heterocycles. The van der Waals surface area contributed by atoms with Crippen molar-refractivity contribution in [1.29, 1.82) is 0 Å². The minimum Gasteiger partial charge on any atom is -0.342 e. The molecule has 0 amide bonds. The van der Waals surface area contributed by atoms with Gasteiger partial charge in [0.2, 0.25) is 0 Å². The molecule has 4 rings (SSSR count). The second-order valence-electron chi connectivity index (χ2n) is 6.40. The summed E-state index contributed by atoms with van der Waals surface area (Å²) in [5.41, 5.74) is 3.69. The molecule has 0 aliphatic rings. The van der Waals surface area contributed by atoms with E-state index in [0.717, 1.165) is 46.3 Å². The number of nitrogens with one attached hydrogen (secondary N) is 2. The van der Waals surface area contributed by atoms with Crippen LogP contribution >= 0.6 is 0 Å². The van der Waals surface area contributed by atoms with Crippen molar-refractivity contribution in [1.82, 2.24) is 19.9 Å². The van der Waals surface area contributed by atoms with Crippen molar-refractivity contribution in [2.75, 3.05) is 13.6 Å². The third kappa shape index (κ3) is 3.32. The lowest BCUT2D eigenvalue weighted by Gasteiger charge is -2.15. The minimum atomic E-state index is -0.0192. The van der Waals surface area contributed by atoms with Gasteiger partial charge < -0.3 is 14.9 Å². The lowest BCUT2D eigenvalue weighted by atomic mass is 10.1. The largest absolute Gasteiger partial charge is 0.342 e. The highest BCUT2D eigenvalue weighted by molar-refractivity contribution is 5.78. The summed E-state index contributed by atoms with van der Waals surface area (Å²) in [6, 6.07) is 17.9. The predicted octanol–water partition coefficient (Wildman–Crippen LogP) is 3.08. The molecule has 0 atom stereocenters. The maximum atomic E-state index is 12.3. The van der Waals surface area contributed by atoms with Crippen molar-refractivity contribution in [3.05, 3.63) is 76.3 Å². The van der Waals surface area contributed by atoms with Crippen molar-refractivity contribution in [3.8, 4) is 0 Å². The first-order chi connectivity index (χ1) is 12.2. The Hall–Kier alpha value is -2.92. The Morgan fingerprint density at radius 2 is 1.76 bits per heavy atom. The standard InChI is InChI=1S/C20H20N4O/c1-24(11-10-19-21-17-8-4-5-9-18(17)22-19)13-15-12-14-6-2-3-7-16(14)23-20(15)25/h2-9,12H,10-11,13H2,1H3,(H,21,22)(H,23,25). The van der Waals surface area contributed by atoms with Crippen LogP contribution in [0.5, 0.6) is 0 Å². The zero-order chi connectivity index (χ0) is 17.2. The smallest absolute Gasteiger partial charge is 0.252 e. The van der Waals surface area contributed by atoms with E-state index in [9.17, 15) is 4.79 Å². The topological polar surface area (TPSA) is 64.8 Å². The van der Waals surface area contributed by atoms with E-state index in [1.807, 2.05) is 61.6 Å². The van der Waals surface area contributed by atoms with Gasteiger partial charge in [0.05, 0.1) is 11.0 Å². The molecule has 0 bridgehead atoms. The number of aromatic nitrogens is 3. The first-order valence-corrected chi connectivity index (χ1v) is 8.42. The molecule has 2 N–H and O–H groups in total. The number of hydrogen-bond acceptors (Lipinski definition) is 3. The Balaban J connectivity index is 1.45. The van der Waals surface area contributed by atoms with Crippen LogP contribution in [0.4, 0.5) is 0 Å². The Morgan fingerprint density at radius 1 is 1.00 bits per heavy atom. The highest BCUT2D eigenvalue weighted by Crippen LogP contribution is 2.12. The number of H-pyrrole nitrogens is 2. The van der Waals surface area contributed by atoms with Crippen LogP contribution in [-0.2, 0) is 13.0 Å². The summed E-state index contributed by atoms with van der Waals surface area (Å²) in [5, 5.41) is 1.06. The molecule has 0 saturated carbocycles. The van der Waals surface area contributed by atoms with Crippen molar-refractivity contribution in [2.45, 2.75) is 13.0 Å². The van der Waals surface area contributed by atoms with E-state index in [-0.39, 0.29) is 5.56 Å². The fraction of sp³-hybridized carbons (Fsp3) is 0.200. The Labute approximate surface area is 145 Å². The summed E-state index contributed by atoms with van der Waals surface area (Å²) < 4.78 is 0. The zero-order valence-electron chi connectivity index (χ0n) is 14.1. The molecule has 0 saturated heterocycles. The minimum absolute atomic E-state index is 0.0192. The van der Waals surface area contributed by atoms with E-state index in [2.05, 4.69) is 19.9 Å². The molecular weight excluding hydrogens is 312 g/mol. The van der Waals surface area contributed by atoms with Gasteiger partial charge in [-0.25, -0.2) is 4.98 Å². The lowest BCUT2D eigenvalue weighted by molar-refractivity contribution is 0.328. The van der Waals surface area contributed by atoms with Crippen LogP contribution in [0.15, 0.2) is 59.4 Å². The van der Waals surface area contributed by atoms with Gasteiger partial charge in [-0.15, -0.1) is 0 Å². The summed E-state index contributed by atoms with van der Waals surface area (Å²) in [6.07, 6.45) is 0.816. The van der Waals surface area contributed by atoms with Crippen LogP contribution in [0.25, 0.3) is 21.9 Å². The molecule has 5 heteroatoms. The van der Waals surface area contributed by atoms with Gasteiger partial charge in [-0.3, -0.25) is 4.79 Å². The van der Waals surface area contributed by atoms with Crippen LogP contribution < -0.4 is 5.56 Å². The number of fused-ring (bicyclic) bond motifs is 2. The van der Waals surface area contributed by atoms with E-state index >= 15 is 0 Å². The Kier molecular flexibility index (Phi) is 4.07. The van der Waals surface area contributed by atoms with Crippen molar-refractivity contribution < 1.29 is 0 Å². The average molecular weight is 332 g/mol. The van der Waals surface area contributed by atoms with Crippen molar-refractivity contribution >= 4 is 21.9 Å². The molecule has 2 aromatic heterocycles. The van der Waals surface area contributed by atoms with Crippen LogP contribution in [0.1, 0.15) is 11.4 Å². The quantitative estimate of drug-likeness (QED) is 0.590. The highest BCUT2D eigenvalue weighted by atomic mass is 16.1. The summed E-state index contributed by atoms with van der Waals surface area (Å²) in [4.78, 5) is 25.3. The Morgan fingerprint density at radius 3 is 2.60 bits per heavy atom. The third-order valence-corrected chi connectivity index (χ3v) is 4.44. The lowest BCUT2D eigenvalue weighted by Crippen LogP contribution is -2.25. The average Bonchev–Trinajstić information content (AvgIpc) is 3.03. The van der Waals surface area contributed by atoms with Gasteiger partial charge in [0, 0.05) is 30.6 Å². The number of rotatable bonds is 5. The summed E-state index contributed by atoms with van der Waals surface area (Å²) in [7, 11) is 2.03. The number of pyridine rings is 1. The molecule has 0 unspecified atom stereocenters. The van der Waals surface area contributed by atoms with Gasteiger partial charge in [-0.2, -0.15) is 0 Å². The normalized spacial score (nSPS) is 11.6. The highest BCUT2D eigenvalue weighted by Gasteiger charge is 2.08. The number of imidazole rings is 1. The van der Waals surface area contributed by atoms with Crippen molar-refractivity contribution in [3.63, 3.8) is 0 Å². The number of hydrogen-bond donors (Lipinski definition) is 2. The van der Waals surface area contributed by atoms with E-state index in [1.165, 1.54) is 0 Å². The van der Waals surface area contributed by atoms with E-state index in [0.29, 0.717) is 6.54 Å². The molecule has 2 heterocycles. The summed E-state index contributed by atoms with van der Waals surface area (Å²) >= 11 is 0. The van der Waals surface area contributed by atoms with E-state index < -0.39 is 0 Å². The molecule has 0 aliphatic carbocycles. The second kappa shape index (κ2) is 6.53. The molecule has 25 heavy (non-hydrogen) atoms. The van der Waals surface area contributed by atoms with Crippen LogP contribution in [0, 0.1) is 0 Å². The number of benzene rings is 2. The third-order valence-electron chi connectivity index (χ3n) is 4.44. The molecule has 0 spiro atoms. The van der Waals surface area contributed by atoms with Gasteiger partial charge in [-0.05, 0) is 36.7 Å². The maximum Gasteiger partial charge on any atom is 0.252 e. The van der Waals surface area contributed by atoms with Crippen LogP contribution in [0.2, 0.25) is 0 Å². The number of aromatic amines is 2. The summed E-state index contributed by atoms with van der Waals surface area (Å²) in [5.74, 6) is 0.973. The van der Waals surface area contributed by atoms with Gasteiger partial charge in [0.25, 0.3) is 5.56 Å². The van der Waals surface area contributed by atoms with Gasteiger partial charge >= 0.3 is 0 Å². The molecule has 4 aromatic rings. The molecule has 126 valence electrons. The number of nitrogens with zero attached hydrogens (tertiary/aromatic N) is 2.